The summed E-state index contributed by atoms with van der Waals surface area (Å²) < 4.78 is 6.98. The van der Waals surface area contributed by atoms with Crippen molar-refractivity contribution >= 4 is 5.91 Å². The maximum Gasteiger partial charge on any atom is 0.261 e. The molecule has 1 atom stereocenters. The van der Waals surface area contributed by atoms with Crippen LogP contribution in [-0.4, -0.2) is 44.8 Å². The summed E-state index contributed by atoms with van der Waals surface area (Å²) in [6.45, 7) is 8.77. The molecule has 7 heteroatoms. The van der Waals surface area contributed by atoms with Gasteiger partial charge < -0.3 is 9.42 Å². The van der Waals surface area contributed by atoms with Crippen molar-refractivity contribution in [2.75, 3.05) is 14.1 Å². The molecule has 0 bridgehead atoms. The Bertz CT molecular complexity index is 674. The predicted octanol–water partition coefficient (Wildman–Crippen LogP) is 2.35. The van der Waals surface area contributed by atoms with E-state index < -0.39 is 0 Å². The molecule has 0 saturated carbocycles. The smallest absolute Gasteiger partial charge is 0.261 e. The lowest BCUT2D eigenvalue weighted by Crippen LogP contribution is -2.29. The van der Waals surface area contributed by atoms with E-state index in [0.717, 1.165) is 12.0 Å². The zero-order valence-electron chi connectivity index (χ0n) is 14.7. The van der Waals surface area contributed by atoms with Gasteiger partial charge in [-0.3, -0.25) is 9.48 Å². The van der Waals surface area contributed by atoms with Gasteiger partial charge >= 0.3 is 0 Å². The van der Waals surface area contributed by atoms with E-state index in [2.05, 4.69) is 42.9 Å². The van der Waals surface area contributed by atoms with Gasteiger partial charge in [0.25, 0.3) is 5.89 Å². The first-order valence-corrected chi connectivity index (χ1v) is 7.85. The predicted molar refractivity (Wildman–Crippen MR) is 86.7 cm³/mol. The number of rotatable bonds is 6. The van der Waals surface area contributed by atoms with Gasteiger partial charge in [0.05, 0.1) is 11.8 Å². The first-order chi connectivity index (χ1) is 10.8. The molecule has 126 valence electrons. The van der Waals surface area contributed by atoms with Crippen LogP contribution < -0.4 is 0 Å². The summed E-state index contributed by atoms with van der Waals surface area (Å²) in [6.07, 6.45) is 4.32. The van der Waals surface area contributed by atoms with Gasteiger partial charge in [-0.2, -0.15) is 10.1 Å². The van der Waals surface area contributed by atoms with Gasteiger partial charge in [0.15, 0.2) is 5.82 Å². The van der Waals surface area contributed by atoms with Crippen LogP contribution in [0.15, 0.2) is 16.9 Å². The van der Waals surface area contributed by atoms with Crippen LogP contribution in [0.4, 0.5) is 0 Å². The molecule has 0 N–H and O–H groups in total. The molecule has 0 saturated heterocycles. The molecule has 0 aliphatic rings. The molecule has 1 unspecified atom stereocenters. The standard InChI is InChI=1S/C16H25N5O2/c1-7-16(4,11(2)3)15-18-14(23-19-15)12-8-17-21(9-12)10-13(22)20(5)6/h8-9,11H,7,10H2,1-6H3. The Labute approximate surface area is 136 Å². The first kappa shape index (κ1) is 17.2. The molecule has 2 rings (SSSR count). The number of amides is 1. The number of hydrogen-bond donors (Lipinski definition) is 0. The molecule has 0 aliphatic carbocycles. The fraction of sp³-hybridized carbons (Fsp3) is 0.625. The highest BCUT2D eigenvalue weighted by Crippen LogP contribution is 2.34. The topological polar surface area (TPSA) is 77.0 Å². The van der Waals surface area contributed by atoms with E-state index in [1.54, 1.807) is 31.2 Å². The Morgan fingerprint density at radius 1 is 1.43 bits per heavy atom. The summed E-state index contributed by atoms with van der Waals surface area (Å²) in [5.41, 5.74) is 0.594. The summed E-state index contributed by atoms with van der Waals surface area (Å²) in [4.78, 5) is 17.8. The minimum atomic E-state index is -0.126. The lowest BCUT2D eigenvalue weighted by atomic mass is 9.76. The van der Waals surface area contributed by atoms with E-state index in [0.29, 0.717) is 17.6 Å². The fourth-order valence-corrected chi connectivity index (χ4v) is 2.24. The van der Waals surface area contributed by atoms with Crippen LogP contribution in [-0.2, 0) is 16.8 Å². The number of hydrogen-bond acceptors (Lipinski definition) is 5. The normalized spacial score (nSPS) is 14.0. The number of carbonyl (C=O) groups is 1. The maximum absolute atomic E-state index is 11.7. The van der Waals surface area contributed by atoms with Crippen LogP contribution >= 0.6 is 0 Å². The molecule has 7 nitrogen and oxygen atoms in total. The van der Waals surface area contributed by atoms with E-state index in [1.807, 2.05) is 0 Å². The van der Waals surface area contributed by atoms with Crippen molar-refractivity contribution in [2.24, 2.45) is 5.92 Å². The number of carbonyl (C=O) groups excluding carboxylic acids is 1. The Morgan fingerprint density at radius 2 is 2.13 bits per heavy atom. The van der Waals surface area contributed by atoms with Crippen molar-refractivity contribution in [1.29, 1.82) is 0 Å². The van der Waals surface area contributed by atoms with E-state index in [1.165, 1.54) is 4.90 Å². The molecule has 0 spiro atoms. The summed E-state index contributed by atoms with van der Waals surface area (Å²) in [5.74, 6) is 1.52. The third-order valence-corrected chi connectivity index (χ3v) is 4.62. The lowest BCUT2D eigenvalue weighted by molar-refractivity contribution is -0.129. The highest BCUT2D eigenvalue weighted by atomic mass is 16.5. The molecule has 0 radical (unpaired) electrons. The lowest BCUT2D eigenvalue weighted by Gasteiger charge is -2.28. The van der Waals surface area contributed by atoms with Gasteiger partial charge in [0.1, 0.15) is 6.54 Å². The molecule has 1 amide bonds. The van der Waals surface area contributed by atoms with Crippen molar-refractivity contribution in [3.05, 3.63) is 18.2 Å². The van der Waals surface area contributed by atoms with Gasteiger partial charge in [-0.15, -0.1) is 0 Å². The monoisotopic (exact) mass is 319 g/mol. The average molecular weight is 319 g/mol. The zero-order valence-corrected chi connectivity index (χ0v) is 14.7. The van der Waals surface area contributed by atoms with Gasteiger partial charge in [0.2, 0.25) is 5.91 Å². The number of likely N-dealkylation sites (N-methyl/N-ethyl adjacent to an activating group) is 1. The van der Waals surface area contributed by atoms with E-state index in [4.69, 9.17) is 4.52 Å². The Hall–Kier alpha value is -2.18. The summed E-state index contributed by atoms with van der Waals surface area (Å²) in [6, 6.07) is 0. The molecule has 2 aromatic rings. The van der Waals surface area contributed by atoms with Crippen LogP contribution in [0, 0.1) is 5.92 Å². The molecule has 23 heavy (non-hydrogen) atoms. The van der Waals surface area contributed by atoms with Crippen molar-refractivity contribution in [3.8, 4) is 11.5 Å². The van der Waals surface area contributed by atoms with E-state index >= 15 is 0 Å². The van der Waals surface area contributed by atoms with Crippen molar-refractivity contribution < 1.29 is 9.32 Å². The second-order valence-electron chi connectivity index (χ2n) is 6.56. The molecule has 0 fully saturated rings. The third-order valence-electron chi connectivity index (χ3n) is 4.62. The van der Waals surface area contributed by atoms with E-state index in [9.17, 15) is 4.79 Å². The molecule has 0 aromatic carbocycles. The van der Waals surface area contributed by atoms with Gasteiger partial charge in [-0.05, 0) is 12.3 Å². The Morgan fingerprint density at radius 3 is 2.70 bits per heavy atom. The largest absolute Gasteiger partial charge is 0.347 e. The molecular formula is C16H25N5O2. The minimum absolute atomic E-state index is 0.0239. The van der Waals surface area contributed by atoms with Gasteiger partial charge in [-0.1, -0.05) is 32.9 Å². The van der Waals surface area contributed by atoms with Gasteiger partial charge in [-0.25, -0.2) is 0 Å². The van der Waals surface area contributed by atoms with Gasteiger partial charge in [0, 0.05) is 25.7 Å². The quantitative estimate of drug-likeness (QED) is 0.817. The zero-order chi connectivity index (χ0) is 17.2. The summed E-state index contributed by atoms with van der Waals surface area (Å²) >= 11 is 0. The number of nitrogens with zero attached hydrogens (tertiary/aromatic N) is 5. The van der Waals surface area contributed by atoms with Crippen molar-refractivity contribution in [1.82, 2.24) is 24.8 Å². The van der Waals surface area contributed by atoms with Crippen molar-refractivity contribution in [3.63, 3.8) is 0 Å². The molecule has 2 heterocycles. The molecular weight excluding hydrogens is 294 g/mol. The molecule has 2 aromatic heterocycles. The second-order valence-corrected chi connectivity index (χ2v) is 6.56. The summed E-state index contributed by atoms with van der Waals surface area (Å²) in [7, 11) is 3.43. The molecule has 0 aliphatic heterocycles. The van der Waals surface area contributed by atoms with Crippen LogP contribution in [0.1, 0.15) is 39.9 Å². The third kappa shape index (κ3) is 3.43. The fourth-order valence-electron chi connectivity index (χ4n) is 2.24. The maximum atomic E-state index is 11.7. The summed E-state index contributed by atoms with van der Waals surface area (Å²) in [5, 5.41) is 8.34. The van der Waals surface area contributed by atoms with E-state index in [-0.39, 0.29) is 17.9 Å². The van der Waals surface area contributed by atoms with Crippen molar-refractivity contribution in [2.45, 2.75) is 46.1 Å². The highest BCUT2D eigenvalue weighted by molar-refractivity contribution is 5.75. The van der Waals surface area contributed by atoms with Crippen LogP contribution in [0.2, 0.25) is 0 Å². The second kappa shape index (κ2) is 6.52. The Balaban J connectivity index is 2.21. The number of aromatic nitrogens is 4. The Kier molecular flexibility index (Phi) is 4.87. The van der Waals surface area contributed by atoms with Crippen LogP contribution in [0.25, 0.3) is 11.5 Å². The SMILES string of the molecule is CCC(C)(c1noc(-c2cnn(CC(=O)N(C)C)c2)n1)C(C)C. The van der Waals surface area contributed by atoms with Crippen LogP contribution in [0.5, 0.6) is 0 Å². The first-order valence-electron chi connectivity index (χ1n) is 7.85. The highest BCUT2D eigenvalue weighted by Gasteiger charge is 2.33. The minimum Gasteiger partial charge on any atom is -0.347 e. The average Bonchev–Trinajstić information content (AvgIpc) is 3.14. The van der Waals surface area contributed by atoms with Crippen LogP contribution in [0.3, 0.4) is 0 Å².